The molecule has 0 spiro atoms. The van der Waals surface area contributed by atoms with Crippen molar-refractivity contribution in [2.45, 2.75) is 145 Å². The number of nitrogens with zero attached hydrogens (tertiary/aromatic N) is 2. The predicted octanol–water partition coefficient (Wildman–Crippen LogP) is -2.59. The number of fused-ring (bicyclic) bond motifs is 2. The lowest BCUT2D eigenvalue weighted by Crippen LogP contribution is -2.64. The highest BCUT2D eigenvalue weighted by Crippen LogP contribution is 2.28. The molecule has 14 N–H and O–H groups in total. The number of phenolic OH excluding ortho intramolecular Hbond substituents is 1. The normalized spacial score (nSPS) is 28.8. The SMILES string of the molecule is CCCCCOc1ccc(-c2ccc(C(=O)N[C@H]3C[C@@H](O)[C@@H](O)NC(=O)[C@@H]4[C@@H](O)[C@@H](C)CN4C(=O)[C@H]([C@@H](C)O)NC(=O)[C@H]([C@H](O)[C@@H](O)c4ccc(O)cc4)NC(=O)[C@@H]4C[C@@H](O)CN4C(=O)[C@H]([C@@H](C)O)NC3=O)cc2)cc1. The molecule has 0 aliphatic carbocycles. The first-order valence-electron chi connectivity index (χ1n) is 25.2. The Morgan fingerprint density at radius 3 is 1.84 bits per heavy atom. The summed E-state index contributed by atoms with van der Waals surface area (Å²) in [4.78, 5) is 101. The number of amides is 7. The van der Waals surface area contributed by atoms with E-state index in [1.54, 1.807) is 12.1 Å². The van der Waals surface area contributed by atoms with Crippen molar-refractivity contribution in [1.29, 1.82) is 0 Å². The van der Waals surface area contributed by atoms with Gasteiger partial charge in [-0.3, -0.25) is 33.6 Å². The molecule has 7 amide bonds. The summed E-state index contributed by atoms with van der Waals surface area (Å²) in [5.41, 5.74) is 1.44. The van der Waals surface area contributed by atoms with E-state index in [1.807, 2.05) is 24.3 Å². The number of aliphatic hydroxyl groups is 8. The molecular formula is C52H69N7O17. The molecule has 414 valence electrons. The van der Waals surface area contributed by atoms with Gasteiger partial charge < -0.3 is 87.1 Å². The molecule has 24 nitrogen and oxygen atoms in total. The smallest absolute Gasteiger partial charge is 0.251 e. The van der Waals surface area contributed by atoms with Crippen LogP contribution in [-0.4, -0.2) is 196 Å². The highest BCUT2D eigenvalue weighted by molar-refractivity contribution is 6.00. The van der Waals surface area contributed by atoms with Crippen molar-refractivity contribution < 1.29 is 84.3 Å². The van der Waals surface area contributed by atoms with Gasteiger partial charge >= 0.3 is 0 Å². The first kappa shape index (κ1) is 58.5. The second-order valence-electron chi connectivity index (χ2n) is 19.7. The summed E-state index contributed by atoms with van der Waals surface area (Å²) in [5, 5.41) is 111. The van der Waals surface area contributed by atoms with E-state index in [1.165, 1.54) is 31.2 Å². The first-order chi connectivity index (χ1) is 36.0. The number of unbranched alkanes of at least 4 members (excludes halogenated alkanes) is 2. The minimum Gasteiger partial charge on any atom is -0.508 e. The number of benzene rings is 3. The Labute approximate surface area is 438 Å². The van der Waals surface area contributed by atoms with E-state index in [-0.39, 0.29) is 23.4 Å². The zero-order valence-electron chi connectivity index (χ0n) is 42.4. The number of aromatic hydroxyl groups is 1. The van der Waals surface area contributed by atoms with Crippen molar-refractivity contribution in [3.63, 3.8) is 0 Å². The summed E-state index contributed by atoms with van der Waals surface area (Å²) in [5.74, 6) is -8.75. The van der Waals surface area contributed by atoms with E-state index in [4.69, 9.17) is 4.74 Å². The lowest BCUT2D eigenvalue weighted by Gasteiger charge is -2.34. The van der Waals surface area contributed by atoms with Gasteiger partial charge in [0.1, 0.15) is 66.1 Å². The van der Waals surface area contributed by atoms with Crippen LogP contribution in [0.25, 0.3) is 11.1 Å². The Morgan fingerprint density at radius 1 is 0.684 bits per heavy atom. The lowest BCUT2D eigenvalue weighted by atomic mass is 9.96. The van der Waals surface area contributed by atoms with Crippen molar-refractivity contribution in [2.75, 3.05) is 19.7 Å². The van der Waals surface area contributed by atoms with Gasteiger partial charge in [-0.1, -0.05) is 63.1 Å². The third-order valence-corrected chi connectivity index (χ3v) is 13.8. The molecule has 0 unspecified atom stereocenters. The summed E-state index contributed by atoms with van der Waals surface area (Å²) in [6.07, 6.45) is -13.7. The number of rotatable bonds is 13. The van der Waals surface area contributed by atoms with E-state index in [0.29, 0.717) is 17.9 Å². The van der Waals surface area contributed by atoms with Crippen LogP contribution >= 0.6 is 0 Å². The molecule has 0 bridgehead atoms. The maximum Gasteiger partial charge on any atom is 0.251 e. The van der Waals surface area contributed by atoms with E-state index in [0.717, 1.165) is 60.6 Å². The molecule has 3 aromatic carbocycles. The summed E-state index contributed by atoms with van der Waals surface area (Å²) in [6.45, 7) is 5.37. The Bertz CT molecular complexity index is 2520. The fraction of sp³-hybridized carbons (Fsp3) is 0.519. The molecule has 0 radical (unpaired) electrons. The largest absolute Gasteiger partial charge is 0.508 e. The zero-order valence-corrected chi connectivity index (χ0v) is 42.4. The van der Waals surface area contributed by atoms with Crippen LogP contribution < -0.4 is 31.3 Å². The zero-order chi connectivity index (χ0) is 55.7. The highest BCUT2D eigenvalue weighted by atomic mass is 16.5. The second kappa shape index (κ2) is 25.8. The maximum atomic E-state index is 14.4. The number of aliphatic hydroxyl groups excluding tert-OH is 8. The van der Waals surface area contributed by atoms with Crippen molar-refractivity contribution >= 4 is 41.4 Å². The topological polar surface area (TPSA) is 377 Å². The van der Waals surface area contributed by atoms with Crippen LogP contribution in [0.2, 0.25) is 0 Å². The Kier molecular flexibility index (Phi) is 19.9. The number of ether oxygens (including phenoxy) is 1. The number of phenols is 1. The number of carbonyl (C=O) groups is 7. The molecule has 3 aliphatic heterocycles. The first-order valence-corrected chi connectivity index (χ1v) is 25.2. The quantitative estimate of drug-likeness (QED) is 0.0781. The number of hydrogen-bond donors (Lipinski definition) is 14. The maximum absolute atomic E-state index is 14.4. The number of carbonyl (C=O) groups excluding carboxylic acids is 7. The molecule has 6 rings (SSSR count). The van der Waals surface area contributed by atoms with Crippen LogP contribution in [0, 0.1) is 5.92 Å². The molecule has 3 fully saturated rings. The van der Waals surface area contributed by atoms with Crippen LogP contribution in [0.5, 0.6) is 11.5 Å². The summed E-state index contributed by atoms with van der Waals surface area (Å²) < 4.78 is 5.80. The predicted molar refractivity (Wildman–Crippen MR) is 268 cm³/mol. The number of nitrogens with one attached hydrogen (secondary N) is 5. The second-order valence-corrected chi connectivity index (χ2v) is 19.7. The molecule has 3 saturated heterocycles. The van der Waals surface area contributed by atoms with Gasteiger partial charge in [-0.2, -0.15) is 0 Å². The third-order valence-electron chi connectivity index (χ3n) is 13.8. The van der Waals surface area contributed by atoms with Gasteiger partial charge in [0.05, 0.1) is 31.0 Å². The Hall–Kier alpha value is -6.77. The molecule has 3 aliphatic rings. The molecule has 0 aromatic heterocycles. The third kappa shape index (κ3) is 14.0. The molecule has 76 heavy (non-hydrogen) atoms. The summed E-state index contributed by atoms with van der Waals surface area (Å²) in [6, 6.07) is 6.55. The van der Waals surface area contributed by atoms with Crippen LogP contribution in [-0.2, 0) is 28.8 Å². The van der Waals surface area contributed by atoms with Crippen LogP contribution in [0.1, 0.15) is 81.8 Å². The van der Waals surface area contributed by atoms with Gasteiger partial charge in [0.2, 0.25) is 35.4 Å². The molecular weight excluding hydrogens is 995 g/mol. The minimum atomic E-state index is -2.29. The fourth-order valence-electron chi connectivity index (χ4n) is 9.37. The van der Waals surface area contributed by atoms with Crippen molar-refractivity contribution in [3.8, 4) is 22.6 Å². The van der Waals surface area contributed by atoms with Crippen LogP contribution in [0.3, 0.4) is 0 Å². The van der Waals surface area contributed by atoms with Crippen LogP contribution in [0.4, 0.5) is 0 Å². The Morgan fingerprint density at radius 2 is 1.25 bits per heavy atom. The van der Waals surface area contributed by atoms with E-state index in [2.05, 4.69) is 33.5 Å². The summed E-state index contributed by atoms with van der Waals surface area (Å²) >= 11 is 0. The average Bonchev–Trinajstić information content (AvgIpc) is 3.95. The fourth-order valence-corrected chi connectivity index (χ4v) is 9.37. The molecule has 3 aromatic rings. The highest BCUT2D eigenvalue weighted by Gasteiger charge is 2.50. The van der Waals surface area contributed by atoms with Gasteiger partial charge in [-0.15, -0.1) is 0 Å². The van der Waals surface area contributed by atoms with Crippen molar-refractivity contribution in [2.24, 2.45) is 5.92 Å². The molecule has 15 atom stereocenters. The van der Waals surface area contributed by atoms with Crippen LogP contribution in [0.15, 0.2) is 72.8 Å². The van der Waals surface area contributed by atoms with E-state index >= 15 is 0 Å². The average molecular weight is 1060 g/mol. The Balaban J connectivity index is 1.34. The van der Waals surface area contributed by atoms with Gasteiger partial charge in [0.25, 0.3) is 5.91 Å². The van der Waals surface area contributed by atoms with Gasteiger partial charge in [0, 0.05) is 37.4 Å². The monoisotopic (exact) mass is 1060 g/mol. The molecule has 24 heteroatoms. The van der Waals surface area contributed by atoms with E-state index < -0.39 is 152 Å². The minimum absolute atomic E-state index is 0.0118. The van der Waals surface area contributed by atoms with Crippen molar-refractivity contribution in [3.05, 3.63) is 83.9 Å². The van der Waals surface area contributed by atoms with Gasteiger partial charge in [0.15, 0.2) is 6.23 Å². The summed E-state index contributed by atoms with van der Waals surface area (Å²) in [7, 11) is 0. The van der Waals surface area contributed by atoms with Crippen molar-refractivity contribution in [1.82, 2.24) is 36.4 Å². The molecule has 3 heterocycles. The van der Waals surface area contributed by atoms with Gasteiger partial charge in [-0.25, -0.2) is 0 Å². The lowest BCUT2D eigenvalue weighted by molar-refractivity contribution is -0.148. The molecule has 0 saturated carbocycles. The van der Waals surface area contributed by atoms with E-state index in [9.17, 15) is 79.5 Å². The standard InChI is InChI=1S/C52H69N7O17/c1-5-6-7-20-76-34-18-14-29(15-19-34)28-8-10-31(11-9-28)45(68)53-35-22-37(64)48(71)57-50(73)41-42(65)25(2)23-59(41)52(75)39(27(4)61)55-49(72)40(44(67)43(66)30-12-16-32(62)17-13-30)56-47(70)36-21-33(63)24-58(36)51(74)38(26(3)60)54-46(35)69/h8-19,25-27,33,35-44,48,60-67,71H,5-7,20-24H2,1-4H3,(H,53,68)(H,54,69)(H,55,72)(H,56,70)(H,57,73)/t25-,26+,27+,33+,35-,36-,37+,38-,39-,40-,41-,42-,43-,44-,48+/m0/s1. The number of hydrogen-bond acceptors (Lipinski definition) is 17. The van der Waals surface area contributed by atoms with Gasteiger partial charge in [-0.05, 0) is 73.4 Å².